The summed E-state index contributed by atoms with van der Waals surface area (Å²) in [6.07, 6.45) is 2.60. The van der Waals surface area contributed by atoms with Crippen LogP contribution in [0.2, 0.25) is 10.0 Å². The second-order valence-electron chi connectivity index (χ2n) is 4.02. The summed E-state index contributed by atoms with van der Waals surface area (Å²) in [5, 5.41) is 4.98. The Balaban J connectivity index is 2.18. The molecule has 0 aliphatic rings. The van der Waals surface area contributed by atoms with Crippen LogP contribution in [0.1, 0.15) is 5.56 Å². The molecule has 2 rings (SSSR count). The summed E-state index contributed by atoms with van der Waals surface area (Å²) in [7, 11) is -3.39. The Morgan fingerprint density at radius 1 is 1.26 bits per heavy atom. The molecule has 0 saturated heterocycles. The minimum Gasteiger partial charge on any atom is -0.265 e. The molecule has 0 aliphatic heterocycles. The number of rotatable bonds is 4. The summed E-state index contributed by atoms with van der Waals surface area (Å²) in [5.74, 6) is 0.123. The van der Waals surface area contributed by atoms with E-state index in [2.05, 4.69) is 9.82 Å². The molecule has 0 aliphatic carbocycles. The summed E-state index contributed by atoms with van der Waals surface area (Å²) < 4.78 is 26.1. The lowest BCUT2D eigenvalue weighted by molar-refractivity contribution is 0.606. The van der Waals surface area contributed by atoms with Crippen molar-refractivity contribution in [3.8, 4) is 0 Å². The van der Waals surface area contributed by atoms with Gasteiger partial charge in [0.25, 0.3) is 0 Å². The summed E-state index contributed by atoms with van der Waals surface area (Å²) >= 11 is 11.7. The van der Waals surface area contributed by atoms with E-state index in [0.29, 0.717) is 11.6 Å². The number of sulfonamides is 1. The molecule has 1 aromatic heterocycles. The molecule has 0 saturated carbocycles. The van der Waals surface area contributed by atoms with Crippen LogP contribution in [0.4, 0.5) is 5.82 Å². The van der Waals surface area contributed by atoms with E-state index in [1.165, 1.54) is 0 Å². The second kappa shape index (κ2) is 5.40. The maximum Gasteiger partial charge on any atom is 0.231 e. The third-order valence-corrected chi connectivity index (χ3v) is 3.35. The second-order valence-corrected chi connectivity index (χ2v) is 6.62. The summed E-state index contributed by atoms with van der Waals surface area (Å²) in [6.45, 7) is 0.475. The molecule has 0 unspecified atom stereocenters. The van der Waals surface area contributed by atoms with Gasteiger partial charge in [0, 0.05) is 11.2 Å². The first-order valence-electron chi connectivity index (χ1n) is 5.29. The smallest absolute Gasteiger partial charge is 0.231 e. The lowest BCUT2D eigenvalue weighted by atomic mass is 10.2. The fourth-order valence-corrected chi connectivity index (χ4v) is 2.38. The van der Waals surface area contributed by atoms with E-state index < -0.39 is 10.0 Å². The van der Waals surface area contributed by atoms with Gasteiger partial charge in [-0.2, -0.15) is 5.10 Å². The molecule has 8 heteroatoms. The zero-order chi connectivity index (χ0) is 14.0. The summed E-state index contributed by atoms with van der Waals surface area (Å²) in [5.41, 5.74) is 0.981. The molecule has 5 nitrogen and oxygen atoms in total. The highest BCUT2D eigenvalue weighted by Gasteiger charge is 2.11. The molecule has 0 fully saturated rings. The number of nitrogens with one attached hydrogen (secondary N) is 1. The van der Waals surface area contributed by atoms with Gasteiger partial charge >= 0.3 is 0 Å². The van der Waals surface area contributed by atoms with Gasteiger partial charge in [0.2, 0.25) is 10.0 Å². The van der Waals surface area contributed by atoms with Crippen LogP contribution in [0, 0.1) is 0 Å². The van der Waals surface area contributed by atoms with Crippen LogP contribution in [0.3, 0.4) is 0 Å². The largest absolute Gasteiger partial charge is 0.265 e. The molecule has 0 radical (unpaired) electrons. The van der Waals surface area contributed by atoms with E-state index in [0.717, 1.165) is 11.8 Å². The molecule has 102 valence electrons. The van der Waals surface area contributed by atoms with Gasteiger partial charge in [-0.1, -0.05) is 35.3 Å². The maximum absolute atomic E-state index is 11.1. The zero-order valence-corrected chi connectivity index (χ0v) is 12.3. The molecule has 0 spiro atoms. The minimum atomic E-state index is -3.39. The van der Waals surface area contributed by atoms with Crippen LogP contribution in [-0.2, 0) is 16.6 Å². The summed E-state index contributed by atoms with van der Waals surface area (Å²) in [6, 6.07) is 7.28. The molecule has 1 aromatic carbocycles. The Morgan fingerprint density at radius 2 is 1.89 bits per heavy atom. The Morgan fingerprint density at radius 3 is 2.47 bits per heavy atom. The first-order valence-corrected chi connectivity index (χ1v) is 7.93. The predicted molar refractivity (Wildman–Crippen MR) is 76.3 cm³/mol. The van der Waals surface area contributed by atoms with E-state index in [1.54, 1.807) is 23.0 Å². The number of hydrogen-bond donors (Lipinski definition) is 1. The van der Waals surface area contributed by atoms with Crippen LogP contribution in [-0.4, -0.2) is 24.5 Å². The molecular formula is C11H11Cl2N3O2S. The standard InChI is InChI=1S/C11H11Cl2N3O2S/c1-19(17,18)15-11-10(13)7-16(14-11)6-8-2-4-9(12)5-3-8/h2-5,7H,6H2,1H3,(H,14,15). The third-order valence-electron chi connectivity index (χ3n) is 2.26. The van der Waals surface area contributed by atoms with Crippen molar-refractivity contribution in [2.24, 2.45) is 0 Å². The van der Waals surface area contributed by atoms with Crippen molar-refractivity contribution in [3.05, 3.63) is 46.1 Å². The van der Waals surface area contributed by atoms with Crippen molar-refractivity contribution in [1.29, 1.82) is 0 Å². The van der Waals surface area contributed by atoms with E-state index in [-0.39, 0.29) is 10.8 Å². The molecule has 0 atom stereocenters. The number of benzene rings is 1. The Hall–Kier alpha value is -1.24. The van der Waals surface area contributed by atoms with Gasteiger partial charge in [-0.15, -0.1) is 0 Å². The van der Waals surface area contributed by atoms with Crippen molar-refractivity contribution in [3.63, 3.8) is 0 Å². The molecule has 2 aromatic rings. The van der Waals surface area contributed by atoms with Crippen LogP contribution in [0.25, 0.3) is 0 Å². The van der Waals surface area contributed by atoms with E-state index in [9.17, 15) is 8.42 Å². The van der Waals surface area contributed by atoms with Gasteiger partial charge in [-0.05, 0) is 17.7 Å². The lowest BCUT2D eigenvalue weighted by Gasteiger charge is -2.02. The first-order chi connectivity index (χ1) is 8.83. The van der Waals surface area contributed by atoms with Crippen LogP contribution >= 0.6 is 23.2 Å². The topological polar surface area (TPSA) is 64.0 Å². The van der Waals surface area contributed by atoms with Crippen molar-refractivity contribution >= 4 is 39.0 Å². The van der Waals surface area contributed by atoms with Crippen LogP contribution in [0.5, 0.6) is 0 Å². The Bertz CT molecular complexity index is 680. The predicted octanol–water partition coefficient (Wildman–Crippen LogP) is 2.61. The van der Waals surface area contributed by atoms with Crippen molar-refractivity contribution in [1.82, 2.24) is 9.78 Å². The molecule has 0 bridgehead atoms. The van der Waals surface area contributed by atoms with Crippen molar-refractivity contribution in [2.45, 2.75) is 6.54 Å². The molecular weight excluding hydrogens is 309 g/mol. The minimum absolute atomic E-state index is 0.123. The maximum atomic E-state index is 11.1. The van der Waals surface area contributed by atoms with E-state index in [1.807, 2.05) is 12.1 Å². The van der Waals surface area contributed by atoms with Gasteiger partial charge < -0.3 is 0 Å². The third kappa shape index (κ3) is 4.12. The summed E-state index contributed by atoms with van der Waals surface area (Å²) in [4.78, 5) is 0. The van der Waals surface area contributed by atoms with Gasteiger partial charge in [0.1, 0.15) is 5.02 Å². The fraction of sp³-hybridized carbons (Fsp3) is 0.182. The number of aromatic nitrogens is 2. The molecule has 1 heterocycles. The average Bonchev–Trinajstić information content (AvgIpc) is 2.60. The SMILES string of the molecule is CS(=O)(=O)Nc1nn(Cc2ccc(Cl)cc2)cc1Cl. The fourth-order valence-electron chi connectivity index (χ4n) is 1.50. The highest BCUT2D eigenvalue weighted by Crippen LogP contribution is 2.21. The normalized spacial score (nSPS) is 11.5. The van der Waals surface area contributed by atoms with Gasteiger partial charge in [0.15, 0.2) is 5.82 Å². The first kappa shape index (κ1) is 14.2. The van der Waals surface area contributed by atoms with Gasteiger partial charge in [-0.25, -0.2) is 8.42 Å². The quantitative estimate of drug-likeness (QED) is 0.942. The Kier molecular flexibility index (Phi) is 4.03. The zero-order valence-electron chi connectivity index (χ0n) is 9.97. The van der Waals surface area contributed by atoms with Gasteiger partial charge in [-0.3, -0.25) is 9.40 Å². The molecule has 19 heavy (non-hydrogen) atoms. The van der Waals surface area contributed by atoms with Crippen LogP contribution in [0.15, 0.2) is 30.5 Å². The highest BCUT2D eigenvalue weighted by atomic mass is 35.5. The van der Waals surface area contributed by atoms with Crippen molar-refractivity contribution < 1.29 is 8.42 Å². The lowest BCUT2D eigenvalue weighted by Crippen LogP contribution is -2.11. The molecule has 0 amide bonds. The highest BCUT2D eigenvalue weighted by molar-refractivity contribution is 7.92. The van der Waals surface area contributed by atoms with E-state index >= 15 is 0 Å². The monoisotopic (exact) mass is 319 g/mol. The number of halogens is 2. The number of nitrogens with zero attached hydrogens (tertiary/aromatic N) is 2. The van der Waals surface area contributed by atoms with Crippen LogP contribution < -0.4 is 4.72 Å². The van der Waals surface area contributed by atoms with Gasteiger partial charge in [0.05, 0.1) is 12.8 Å². The number of hydrogen-bond acceptors (Lipinski definition) is 3. The van der Waals surface area contributed by atoms with Crippen molar-refractivity contribution in [2.75, 3.05) is 11.0 Å². The Labute approximate surface area is 121 Å². The number of anilines is 1. The van der Waals surface area contributed by atoms with E-state index in [4.69, 9.17) is 23.2 Å². The average molecular weight is 320 g/mol. The molecule has 1 N–H and O–H groups in total.